The summed E-state index contributed by atoms with van der Waals surface area (Å²) >= 11 is 0. The van der Waals surface area contributed by atoms with Gasteiger partial charge < -0.3 is 11.1 Å². The lowest BCUT2D eigenvalue weighted by atomic mass is 9.82. The highest BCUT2D eigenvalue weighted by Crippen LogP contribution is 2.35. The van der Waals surface area contributed by atoms with Crippen molar-refractivity contribution < 1.29 is 4.39 Å². The number of alkyl halides is 1. The van der Waals surface area contributed by atoms with E-state index in [9.17, 15) is 4.39 Å². The van der Waals surface area contributed by atoms with E-state index in [-0.39, 0.29) is 6.54 Å². The number of nitrogens with zero attached hydrogens (tertiary/aromatic N) is 2. The van der Waals surface area contributed by atoms with Gasteiger partial charge in [0, 0.05) is 12.4 Å². The highest BCUT2D eigenvalue weighted by molar-refractivity contribution is 5.55. The highest BCUT2D eigenvalue weighted by atomic mass is 19.1. The third-order valence-corrected chi connectivity index (χ3v) is 2.55. The largest absolute Gasteiger partial charge is 0.381 e. The van der Waals surface area contributed by atoms with Crippen molar-refractivity contribution in [1.29, 1.82) is 0 Å². The number of hydrogen-bond donors (Lipinski definition) is 2. The number of rotatable bonds is 3. The molecule has 1 saturated carbocycles. The van der Waals surface area contributed by atoms with Crippen molar-refractivity contribution in [3.63, 3.8) is 0 Å². The van der Waals surface area contributed by atoms with Crippen LogP contribution in [0, 0.1) is 0 Å². The van der Waals surface area contributed by atoms with E-state index in [0.29, 0.717) is 24.5 Å². The smallest absolute Gasteiger partial charge is 0.169 e. The summed E-state index contributed by atoms with van der Waals surface area (Å²) in [5, 5.41) is 2.88. The van der Waals surface area contributed by atoms with Crippen LogP contribution in [0.4, 0.5) is 16.0 Å². The minimum absolute atomic E-state index is 0.274. The van der Waals surface area contributed by atoms with E-state index in [1.165, 1.54) is 12.4 Å². The molecule has 0 aliphatic heterocycles. The topological polar surface area (TPSA) is 63.8 Å². The molecular weight excluding hydrogens is 183 g/mol. The molecule has 0 amide bonds. The Labute approximate surface area is 81.7 Å². The van der Waals surface area contributed by atoms with Crippen LogP contribution in [-0.2, 0) is 0 Å². The number of aromatic nitrogens is 2. The van der Waals surface area contributed by atoms with Crippen LogP contribution in [0.15, 0.2) is 12.4 Å². The van der Waals surface area contributed by atoms with E-state index in [1.54, 1.807) is 0 Å². The fourth-order valence-corrected chi connectivity index (χ4v) is 1.46. The molecule has 2 rings (SSSR count). The molecular formula is C9H13FN4. The number of nitrogen functional groups attached to an aromatic ring is 1. The Balaban J connectivity index is 1.95. The molecule has 0 unspecified atom stereocenters. The average Bonchev–Trinajstić information content (AvgIpc) is 2.14. The summed E-state index contributed by atoms with van der Waals surface area (Å²) in [5.41, 5.74) is 4.49. The first-order valence-electron chi connectivity index (χ1n) is 4.69. The van der Waals surface area contributed by atoms with Crippen molar-refractivity contribution >= 4 is 11.6 Å². The predicted molar refractivity (Wildman–Crippen MR) is 52.6 cm³/mol. The Hall–Kier alpha value is -1.39. The Morgan fingerprint density at radius 3 is 2.71 bits per heavy atom. The molecule has 4 nitrogen and oxygen atoms in total. The summed E-state index contributed by atoms with van der Waals surface area (Å²) in [5.74, 6) is 0.784. The second-order valence-corrected chi connectivity index (χ2v) is 3.65. The predicted octanol–water partition coefficient (Wildman–Crippen LogP) is 1.36. The first-order valence-corrected chi connectivity index (χ1v) is 4.69. The van der Waals surface area contributed by atoms with Crippen LogP contribution in [0.3, 0.4) is 0 Å². The number of hydrogen-bond acceptors (Lipinski definition) is 4. The summed E-state index contributed by atoms with van der Waals surface area (Å²) in [4.78, 5) is 7.83. The second-order valence-electron chi connectivity index (χ2n) is 3.65. The standard InChI is InChI=1S/C9H13FN4/c10-9(2-1-3-9)6-14-8-7(11)12-4-5-13-8/h4-5H,1-3,6H2,(H2,11,12)(H,13,14). The lowest BCUT2D eigenvalue weighted by Gasteiger charge is -2.33. The molecule has 5 heteroatoms. The van der Waals surface area contributed by atoms with Crippen LogP contribution in [0.5, 0.6) is 0 Å². The van der Waals surface area contributed by atoms with E-state index >= 15 is 0 Å². The normalized spacial score (nSPS) is 18.6. The van der Waals surface area contributed by atoms with Crippen LogP contribution in [0.2, 0.25) is 0 Å². The zero-order chi connectivity index (χ0) is 10.0. The van der Waals surface area contributed by atoms with Gasteiger partial charge in [0.25, 0.3) is 0 Å². The molecule has 76 valence electrons. The van der Waals surface area contributed by atoms with Gasteiger partial charge in [-0.05, 0) is 19.3 Å². The van der Waals surface area contributed by atoms with Gasteiger partial charge in [-0.25, -0.2) is 14.4 Å². The minimum atomic E-state index is -1.07. The average molecular weight is 196 g/mol. The molecule has 14 heavy (non-hydrogen) atoms. The fourth-order valence-electron chi connectivity index (χ4n) is 1.46. The highest BCUT2D eigenvalue weighted by Gasteiger charge is 2.36. The van der Waals surface area contributed by atoms with Crippen LogP contribution in [0.25, 0.3) is 0 Å². The SMILES string of the molecule is Nc1nccnc1NCC1(F)CCC1. The van der Waals surface area contributed by atoms with Crippen molar-refractivity contribution in [3.05, 3.63) is 12.4 Å². The molecule has 0 aromatic carbocycles. The van der Waals surface area contributed by atoms with Crippen molar-refractivity contribution in [3.8, 4) is 0 Å². The van der Waals surface area contributed by atoms with Crippen LogP contribution >= 0.6 is 0 Å². The van der Waals surface area contributed by atoms with E-state index < -0.39 is 5.67 Å². The number of anilines is 2. The Morgan fingerprint density at radius 1 is 1.43 bits per heavy atom. The maximum atomic E-state index is 13.6. The molecule has 1 fully saturated rings. The van der Waals surface area contributed by atoms with Crippen molar-refractivity contribution in [1.82, 2.24) is 9.97 Å². The maximum absolute atomic E-state index is 13.6. The third-order valence-electron chi connectivity index (χ3n) is 2.55. The van der Waals surface area contributed by atoms with Gasteiger partial charge in [-0.2, -0.15) is 0 Å². The van der Waals surface area contributed by atoms with Gasteiger partial charge in [-0.15, -0.1) is 0 Å². The molecule has 0 bridgehead atoms. The zero-order valence-electron chi connectivity index (χ0n) is 7.83. The van der Waals surface area contributed by atoms with Crippen LogP contribution < -0.4 is 11.1 Å². The van der Waals surface area contributed by atoms with Gasteiger partial charge in [0.15, 0.2) is 11.6 Å². The van der Waals surface area contributed by atoms with E-state index in [1.807, 2.05) is 0 Å². The molecule has 1 aliphatic rings. The molecule has 1 aliphatic carbocycles. The number of halogens is 1. The molecule has 0 spiro atoms. The molecule has 0 atom stereocenters. The molecule has 1 aromatic heterocycles. The quantitative estimate of drug-likeness (QED) is 0.766. The van der Waals surface area contributed by atoms with Crippen molar-refractivity contribution in [2.24, 2.45) is 0 Å². The van der Waals surface area contributed by atoms with Crippen molar-refractivity contribution in [2.45, 2.75) is 24.9 Å². The summed E-state index contributed by atoms with van der Waals surface area (Å²) in [6.07, 6.45) is 5.26. The Morgan fingerprint density at radius 2 is 2.14 bits per heavy atom. The summed E-state index contributed by atoms with van der Waals surface area (Å²) in [6.45, 7) is 0.274. The Kier molecular flexibility index (Phi) is 2.23. The van der Waals surface area contributed by atoms with E-state index in [0.717, 1.165) is 6.42 Å². The minimum Gasteiger partial charge on any atom is -0.381 e. The molecule has 3 N–H and O–H groups in total. The lowest BCUT2D eigenvalue weighted by molar-refractivity contribution is 0.0784. The fraction of sp³-hybridized carbons (Fsp3) is 0.556. The molecule has 1 heterocycles. The monoisotopic (exact) mass is 196 g/mol. The summed E-state index contributed by atoms with van der Waals surface area (Å²) < 4.78 is 13.6. The van der Waals surface area contributed by atoms with Gasteiger partial charge in [-0.3, -0.25) is 0 Å². The van der Waals surface area contributed by atoms with Gasteiger partial charge in [0.1, 0.15) is 5.67 Å². The van der Waals surface area contributed by atoms with Crippen molar-refractivity contribution in [2.75, 3.05) is 17.6 Å². The summed E-state index contributed by atoms with van der Waals surface area (Å²) in [7, 11) is 0. The van der Waals surface area contributed by atoms with Gasteiger partial charge in [0.05, 0.1) is 6.54 Å². The van der Waals surface area contributed by atoms with E-state index in [2.05, 4.69) is 15.3 Å². The van der Waals surface area contributed by atoms with E-state index in [4.69, 9.17) is 5.73 Å². The molecule has 0 saturated heterocycles. The molecule has 1 aromatic rings. The first-order chi connectivity index (χ1) is 6.70. The molecule has 0 radical (unpaired) electrons. The van der Waals surface area contributed by atoms with Gasteiger partial charge in [-0.1, -0.05) is 0 Å². The first kappa shape index (κ1) is 9.18. The van der Waals surface area contributed by atoms with Gasteiger partial charge >= 0.3 is 0 Å². The third kappa shape index (κ3) is 1.76. The van der Waals surface area contributed by atoms with Crippen LogP contribution in [-0.4, -0.2) is 22.2 Å². The Bertz CT molecular complexity index is 324. The van der Waals surface area contributed by atoms with Gasteiger partial charge in [0.2, 0.25) is 0 Å². The summed E-state index contributed by atoms with van der Waals surface area (Å²) in [6, 6.07) is 0. The number of nitrogens with one attached hydrogen (secondary N) is 1. The zero-order valence-corrected chi connectivity index (χ0v) is 7.83. The van der Waals surface area contributed by atoms with Crippen LogP contribution in [0.1, 0.15) is 19.3 Å². The second kappa shape index (κ2) is 3.40. The lowest BCUT2D eigenvalue weighted by Crippen LogP contribution is -2.39. The maximum Gasteiger partial charge on any atom is 0.169 e. The number of nitrogens with two attached hydrogens (primary N) is 1.